The lowest BCUT2D eigenvalue weighted by Crippen LogP contribution is -2.01. The standard InChI is InChI=1S/C9H14O3/c1-2-11-6-4-9(10)8-3-5-12-7-8/h3,5,7,9-10H,2,4,6H2,1H3. The Bertz CT molecular complexity index is 194. The fraction of sp³-hybridized carbons (Fsp3) is 0.556. The van der Waals surface area contributed by atoms with Crippen LogP contribution in [0, 0.1) is 0 Å². The molecule has 1 rings (SSSR count). The maximum absolute atomic E-state index is 9.50. The number of ether oxygens (including phenoxy) is 1. The maximum atomic E-state index is 9.50. The highest BCUT2D eigenvalue weighted by molar-refractivity contribution is 5.08. The fourth-order valence-corrected chi connectivity index (χ4v) is 0.971. The molecular formula is C9H14O3. The van der Waals surface area contributed by atoms with E-state index in [1.807, 2.05) is 6.92 Å². The third-order valence-electron chi connectivity index (χ3n) is 1.67. The molecule has 0 saturated carbocycles. The van der Waals surface area contributed by atoms with E-state index in [-0.39, 0.29) is 0 Å². The van der Waals surface area contributed by atoms with E-state index in [4.69, 9.17) is 9.15 Å². The third-order valence-corrected chi connectivity index (χ3v) is 1.67. The Morgan fingerprint density at radius 2 is 2.50 bits per heavy atom. The second-order valence-corrected chi connectivity index (χ2v) is 2.56. The van der Waals surface area contributed by atoms with Crippen LogP contribution in [-0.2, 0) is 4.74 Å². The van der Waals surface area contributed by atoms with Gasteiger partial charge in [-0.25, -0.2) is 0 Å². The summed E-state index contributed by atoms with van der Waals surface area (Å²) in [6.45, 7) is 3.21. The Morgan fingerprint density at radius 1 is 1.67 bits per heavy atom. The number of hydrogen-bond donors (Lipinski definition) is 1. The van der Waals surface area contributed by atoms with Gasteiger partial charge in [-0.3, -0.25) is 0 Å². The topological polar surface area (TPSA) is 42.6 Å². The van der Waals surface area contributed by atoms with Crippen molar-refractivity contribution < 1.29 is 14.3 Å². The molecule has 0 aliphatic rings. The first kappa shape index (κ1) is 9.29. The summed E-state index contributed by atoms with van der Waals surface area (Å²) in [5.74, 6) is 0. The predicted molar refractivity (Wildman–Crippen MR) is 44.8 cm³/mol. The fourth-order valence-electron chi connectivity index (χ4n) is 0.971. The summed E-state index contributed by atoms with van der Waals surface area (Å²) in [5, 5.41) is 9.50. The number of aliphatic hydroxyl groups excluding tert-OH is 1. The molecule has 1 aromatic rings. The Balaban J connectivity index is 2.25. The monoisotopic (exact) mass is 170 g/mol. The van der Waals surface area contributed by atoms with E-state index in [9.17, 15) is 5.11 Å². The summed E-state index contributed by atoms with van der Waals surface area (Å²) in [5.41, 5.74) is 0.815. The molecule has 1 atom stereocenters. The van der Waals surface area contributed by atoms with Crippen molar-refractivity contribution in [3.8, 4) is 0 Å². The van der Waals surface area contributed by atoms with Gasteiger partial charge in [0, 0.05) is 25.2 Å². The zero-order valence-corrected chi connectivity index (χ0v) is 7.19. The van der Waals surface area contributed by atoms with Crippen molar-refractivity contribution in [3.63, 3.8) is 0 Å². The zero-order chi connectivity index (χ0) is 8.81. The van der Waals surface area contributed by atoms with Gasteiger partial charge in [0.15, 0.2) is 0 Å². The Hall–Kier alpha value is -0.800. The van der Waals surface area contributed by atoms with Gasteiger partial charge in [0.2, 0.25) is 0 Å². The number of aliphatic hydroxyl groups is 1. The number of rotatable bonds is 5. The van der Waals surface area contributed by atoms with Gasteiger partial charge in [-0.05, 0) is 13.0 Å². The maximum Gasteiger partial charge on any atom is 0.0960 e. The van der Waals surface area contributed by atoms with Crippen molar-refractivity contribution in [2.24, 2.45) is 0 Å². The molecule has 12 heavy (non-hydrogen) atoms. The van der Waals surface area contributed by atoms with Gasteiger partial charge in [-0.1, -0.05) is 0 Å². The lowest BCUT2D eigenvalue weighted by atomic mass is 10.1. The molecule has 1 unspecified atom stereocenters. The quantitative estimate of drug-likeness (QED) is 0.684. The van der Waals surface area contributed by atoms with Crippen LogP contribution in [-0.4, -0.2) is 18.3 Å². The molecule has 0 spiro atoms. The smallest absolute Gasteiger partial charge is 0.0960 e. The average Bonchev–Trinajstić information content (AvgIpc) is 2.56. The summed E-state index contributed by atoms with van der Waals surface area (Å²) in [7, 11) is 0. The van der Waals surface area contributed by atoms with Gasteiger partial charge < -0.3 is 14.3 Å². The van der Waals surface area contributed by atoms with E-state index in [1.54, 1.807) is 18.6 Å². The Labute approximate surface area is 72.0 Å². The summed E-state index contributed by atoms with van der Waals surface area (Å²) in [6, 6.07) is 1.76. The van der Waals surface area contributed by atoms with Crippen LogP contribution in [0.4, 0.5) is 0 Å². The second-order valence-electron chi connectivity index (χ2n) is 2.56. The van der Waals surface area contributed by atoms with E-state index in [1.165, 1.54) is 0 Å². The SMILES string of the molecule is CCOCCC(O)c1ccoc1. The molecule has 0 aliphatic carbocycles. The van der Waals surface area contributed by atoms with Gasteiger partial charge in [-0.15, -0.1) is 0 Å². The minimum atomic E-state index is -0.463. The van der Waals surface area contributed by atoms with E-state index in [0.717, 1.165) is 5.56 Å². The van der Waals surface area contributed by atoms with Crippen molar-refractivity contribution in [2.75, 3.05) is 13.2 Å². The molecule has 0 bridgehead atoms. The first-order valence-electron chi connectivity index (χ1n) is 4.12. The van der Waals surface area contributed by atoms with Gasteiger partial charge >= 0.3 is 0 Å². The van der Waals surface area contributed by atoms with Crippen molar-refractivity contribution in [3.05, 3.63) is 24.2 Å². The van der Waals surface area contributed by atoms with Crippen molar-refractivity contribution >= 4 is 0 Å². The molecule has 0 amide bonds. The Kier molecular flexibility index (Phi) is 3.84. The molecule has 0 fully saturated rings. The minimum Gasteiger partial charge on any atom is -0.472 e. The molecule has 0 aromatic carbocycles. The summed E-state index contributed by atoms with van der Waals surface area (Å²) in [6.07, 6.45) is 3.26. The van der Waals surface area contributed by atoms with E-state index < -0.39 is 6.10 Å². The van der Waals surface area contributed by atoms with Gasteiger partial charge in [0.25, 0.3) is 0 Å². The van der Waals surface area contributed by atoms with Crippen LogP contribution >= 0.6 is 0 Å². The highest BCUT2D eigenvalue weighted by atomic mass is 16.5. The number of hydrogen-bond acceptors (Lipinski definition) is 3. The van der Waals surface area contributed by atoms with E-state index in [0.29, 0.717) is 19.6 Å². The predicted octanol–water partition coefficient (Wildman–Crippen LogP) is 1.74. The highest BCUT2D eigenvalue weighted by Crippen LogP contribution is 2.16. The van der Waals surface area contributed by atoms with Gasteiger partial charge in [0.05, 0.1) is 18.6 Å². The van der Waals surface area contributed by atoms with Crippen LogP contribution in [0.3, 0.4) is 0 Å². The molecular weight excluding hydrogens is 156 g/mol. The molecule has 1 heterocycles. The molecule has 3 heteroatoms. The Morgan fingerprint density at radius 3 is 3.08 bits per heavy atom. The lowest BCUT2D eigenvalue weighted by Gasteiger charge is -2.06. The summed E-state index contributed by atoms with van der Waals surface area (Å²) >= 11 is 0. The van der Waals surface area contributed by atoms with E-state index >= 15 is 0 Å². The molecule has 68 valence electrons. The highest BCUT2D eigenvalue weighted by Gasteiger charge is 2.07. The van der Waals surface area contributed by atoms with Crippen molar-refractivity contribution in [1.29, 1.82) is 0 Å². The van der Waals surface area contributed by atoms with Crippen LogP contribution in [0.5, 0.6) is 0 Å². The molecule has 1 aromatic heterocycles. The van der Waals surface area contributed by atoms with Crippen molar-refractivity contribution in [2.45, 2.75) is 19.4 Å². The van der Waals surface area contributed by atoms with Crippen LogP contribution < -0.4 is 0 Å². The molecule has 0 saturated heterocycles. The molecule has 0 aliphatic heterocycles. The number of furan rings is 1. The van der Waals surface area contributed by atoms with Gasteiger partial charge in [0.1, 0.15) is 0 Å². The largest absolute Gasteiger partial charge is 0.472 e. The summed E-state index contributed by atoms with van der Waals surface area (Å²) < 4.78 is 9.95. The van der Waals surface area contributed by atoms with Crippen molar-refractivity contribution in [1.82, 2.24) is 0 Å². The molecule has 1 N–H and O–H groups in total. The van der Waals surface area contributed by atoms with Crippen LogP contribution in [0.15, 0.2) is 23.0 Å². The summed E-state index contributed by atoms with van der Waals surface area (Å²) in [4.78, 5) is 0. The van der Waals surface area contributed by atoms with Gasteiger partial charge in [-0.2, -0.15) is 0 Å². The van der Waals surface area contributed by atoms with Crippen LogP contribution in [0.1, 0.15) is 25.0 Å². The average molecular weight is 170 g/mol. The third kappa shape index (κ3) is 2.68. The van der Waals surface area contributed by atoms with Crippen LogP contribution in [0.25, 0.3) is 0 Å². The minimum absolute atomic E-state index is 0.463. The first-order valence-corrected chi connectivity index (χ1v) is 4.12. The second kappa shape index (κ2) is 4.95. The normalized spacial score (nSPS) is 13.2. The lowest BCUT2D eigenvalue weighted by molar-refractivity contribution is 0.0883. The molecule has 3 nitrogen and oxygen atoms in total. The first-order chi connectivity index (χ1) is 5.84. The molecule has 0 radical (unpaired) electrons. The zero-order valence-electron chi connectivity index (χ0n) is 7.19. The van der Waals surface area contributed by atoms with Crippen LogP contribution in [0.2, 0.25) is 0 Å². The van der Waals surface area contributed by atoms with E-state index in [2.05, 4.69) is 0 Å².